The molecule has 0 aliphatic carbocycles. The van der Waals surface area contributed by atoms with Crippen LogP contribution in [0.5, 0.6) is 0 Å². The number of furan rings is 1. The van der Waals surface area contributed by atoms with Gasteiger partial charge in [-0.25, -0.2) is 9.37 Å². The highest BCUT2D eigenvalue weighted by Crippen LogP contribution is 2.26. The minimum atomic E-state index is -0.573. The number of aryl methyl sites for hydroxylation is 1. The maximum atomic E-state index is 13.6. The van der Waals surface area contributed by atoms with E-state index in [4.69, 9.17) is 4.42 Å². The zero-order chi connectivity index (χ0) is 18.7. The van der Waals surface area contributed by atoms with E-state index in [9.17, 15) is 14.0 Å². The third-order valence-corrected chi connectivity index (χ3v) is 4.31. The summed E-state index contributed by atoms with van der Waals surface area (Å²) in [5.74, 6) is 0.197. The minimum absolute atomic E-state index is 0.0134. The Kier molecular flexibility index (Phi) is 5.13. The summed E-state index contributed by atoms with van der Waals surface area (Å²) in [5.41, 5.74) is 1.01. The number of benzene rings is 1. The van der Waals surface area contributed by atoms with Crippen LogP contribution < -0.4 is 10.6 Å². The van der Waals surface area contributed by atoms with Crippen LogP contribution in [0.4, 0.5) is 15.8 Å². The maximum Gasteiger partial charge on any atom is 0.230 e. The zero-order valence-electron chi connectivity index (χ0n) is 14.1. The number of amides is 2. The van der Waals surface area contributed by atoms with Gasteiger partial charge in [-0.3, -0.25) is 9.59 Å². The predicted octanol–water partition coefficient (Wildman–Crippen LogP) is 3.99. The summed E-state index contributed by atoms with van der Waals surface area (Å²) in [5, 5.41) is 7.54. The Balaban J connectivity index is 1.66. The van der Waals surface area contributed by atoms with Crippen LogP contribution in [-0.2, 0) is 16.0 Å². The molecule has 0 atom stereocenters. The van der Waals surface area contributed by atoms with E-state index in [2.05, 4.69) is 15.6 Å². The van der Waals surface area contributed by atoms with Crippen LogP contribution in [0.2, 0.25) is 0 Å². The van der Waals surface area contributed by atoms with Crippen molar-refractivity contribution in [2.75, 3.05) is 10.6 Å². The van der Waals surface area contributed by atoms with Gasteiger partial charge in [0, 0.05) is 18.0 Å². The second kappa shape index (κ2) is 7.49. The Morgan fingerprint density at radius 2 is 2.04 bits per heavy atom. The Labute approximate surface area is 153 Å². The molecule has 0 saturated carbocycles. The van der Waals surface area contributed by atoms with Gasteiger partial charge in [0.1, 0.15) is 11.6 Å². The number of carbonyl (C=O) groups excluding carboxylic acids is 2. The van der Waals surface area contributed by atoms with Crippen LogP contribution in [-0.4, -0.2) is 16.8 Å². The first-order valence-corrected chi connectivity index (χ1v) is 8.67. The van der Waals surface area contributed by atoms with Crippen LogP contribution >= 0.6 is 11.3 Å². The molecule has 3 rings (SSSR count). The lowest BCUT2D eigenvalue weighted by atomic mass is 10.2. The van der Waals surface area contributed by atoms with E-state index in [1.165, 1.54) is 36.5 Å². The van der Waals surface area contributed by atoms with Crippen LogP contribution in [0.3, 0.4) is 0 Å². The van der Waals surface area contributed by atoms with E-state index in [0.717, 1.165) is 5.76 Å². The fourth-order valence-corrected chi connectivity index (χ4v) is 3.09. The molecule has 2 amide bonds. The second-order valence-electron chi connectivity index (χ2n) is 5.66. The fourth-order valence-electron chi connectivity index (χ4n) is 2.31. The third-order valence-electron chi connectivity index (χ3n) is 3.41. The van der Waals surface area contributed by atoms with Crippen LogP contribution in [0.1, 0.15) is 18.4 Å². The average Bonchev–Trinajstić information content (AvgIpc) is 3.19. The van der Waals surface area contributed by atoms with Gasteiger partial charge in [0.25, 0.3) is 0 Å². The Morgan fingerprint density at radius 3 is 2.73 bits per heavy atom. The molecule has 8 heteroatoms. The van der Waals surface area contributed by atoms with Crippen LogP contribution in [0, 0.1) is 12.7 Å². The van der Waals surface area contributed by atoms with Crippen molar-refractivity contribution < 1.29 is 18.4 Å². The quantitative estimate of drug-likeness (QED) is 0.708. The normalized spacial score (nSPS) is 10.6. The van der Waals surface area contributed by atoms with Gasteiger partial charge >= 0.3 is 0 Å². The SMILES string of the molecule is CC(=O)Nc1cc(NC(=O)Cc2csc(-c3ccc(C)o3)n2)ccc1F. The van der Waals surface area contributed by atoms with Gasteiger partial charge in [-0.05, 0) is 37.3 Å². The summed E-state index contributed by atoms with van der Waals surface area (Å²) in [6.45, 7) is 3.13. The molecule has 2 N–H and O–H groups in total. The molecule has 26 heavy (non-hydrogen) atoms. The molecule has 1 aromatic carbocycles. The van der Waals surface area contributed by atoms with Crippen molar-refractivity contribution in [2.45, 2.75) is 20.3 Å². The van der Waals surface area contributed by atoms with Gasteiger partial charge in [-0.2, -0.15) is 0 Å². The largest absolute Gasteiger partial charge is 0.459 e. The van der Waals surface area contributed by atoms with Crippen LogP contribution in [0.25, 0.3) is 10.8 Å². The molecule has 0 radical (unpaired) electrons. The Morgan fingerprint density at radius 1 is 1.23 bits per heavy atom. The van der Waals surface area contributed by atoms with Gasteiger partial charge in [0.2, 0.25) is 11.8 Å². The zero-order valence-corrected chi connectivity index (χ0v) is 14.9. The number of carbonyl (C=O) groups is 2. The Hall–Kier alpha value is -3.00. The highest BCUT2D eigenvalue weighted by atomic mass is 32.1. The molecule has 2 heterocycles. The topological polar surface area (TPSA) is 84.2 Å². The lowest BCUT2D eigenvalue weighted by Crippen LogP contribution is -2.15. The second-order valence-corrected chi connectivity index (χ2v) is 6.51. The molecule has 0 fully saturated rings. The fraction of sp³-hybridized carbons (Fsp3) is 0.167. The van der Waals surface area contributed by atoms with E-state index in [1.54, 1.807) is 5.38 Å². The summed E-state index contributed by atoms with van der Waals surface area (Å²) in [4.78, 5) is 27.7. The van der Waals surface area contributed by atoms with E-state index in [0.29, 0.717) is 22.1 Å². The lowest BCUT2D eigenvalue weighted by Gasteiger charge is -2.08. The molecule has 0 aliphatic heterocycles. The summed E-state index contributed by atoms with van der Waals surface area (Å²) in [7, 11) is 0. The van der Waals surface area contributed by atoms with Crippen molar-refractivity contribution in [1.82, 2.24) is 4.98 Å². The van der Waals surface area contributed by atoms with Gasteiger partial charge in [0.05, 0.1) is 17.8 Å². The number of rotatable bonds is 5. The number of halogens is 1. The standard InChI is InChI=1S/C18H16FN3O3S/c1-10-3-6-16(25-10)18-22-13(9-26-18)8-17(24)21-12-4-5-14(19)15(7-12)20-11(2)23/h3-7,9H,8H2,1-2H3,(H,20,23)(H,21,24). The van der Waals surface area contributed by atoms with Gasteiger partial charge < -0.3 is 15.1 Å². The molecule has 3 aromatic rings. The summed E-state index contributed by atoms with van der Waals surface area (Å²) < 4.78 is 19.2. The molecule has 0 bridgehead atoms. The summed E-state index contributed by atoms with van der Waals surface area (Å²) >= 11 is 1.39. The van der Waals surface area contributed by atoms with Crippen molar-refractivity contribution in [1.29, 1.82) is 0 Å². The van der Waals surface area contributed by atoms with Gasteiger partial charge in [0.15, 0.2) is 10.8 Å². The number of hydrogen-bond donors (Lipinski definition) is 2. The van der Waals surface area contributed by atoms with E-state index >= 15 is 0 Å². The van der Waals surface area contributed by atoms with Crippen molar-refractivity contribution in [3.8, 4) is 10.8 Å². The number of thiazole rings is 1. The van der Waals surface area contributed by atoms with Gasteiger partial charge in [-0.1, -0.05) is 0 Å². The molecule has 6 nitrogen and oxygen atoms in total. The van der Waals surface area contributed by atoms with E-state index < -0.39 is 11.7 Å². The first-order valence-electron chi connectivity index (χ1n) is 7.79. The highest BCUT2D eigenvalue weighted by Gasteiger charge is 2.12. The molecular formula is C18H16FN3O3S. The molecule has 2 aromatic heterocycles. The number of nitrogens with zero attached hydrogens (tertiary/aromatic N) is 1. The predicted molar refractivity (Wildman–Crippen MR) is 97.6 cm³/mol. The molecule has 0 spiro atoms. The third kappa shape index (κ3) is 4.34. The molecule has 0 aliphatic rings. The monoisotopic (exact) mass is 373 g/mol. The number of aromatic nitrogens is 1. The smallest absolute Gasteiger partial charge is 0.230 e. The average molecular weight is 373 g/mol. The summed E-state index contributed by atoms with van der Waals surface area (Å²) in [6, 6.07) is 7.66. The summed E-state index contributed by atoms with van der Waals surface area (Å²) in [6.07, 6.45) is 0.0725. The first-order chi connectivity index (χ1) is 12.4. The van der Waals surface area contributed by atoms with Crippen molar-refractivity contribution in [3.63, 3.8) is 0 Å². The lowest BCUT2D eigenvalue weighted by molar-refractivity contribution is -0.116. The van der Waals surface area contributed by atoms with E-state index in [-0.39, 0.29) is 18.0 Å². The maximum absolute atomic E-state index is 13.6. The Bertz CT molecular complexity index is 964. The highest BCUT2D eigenvalue weighted by molar-refractivity contribution is 7.13. The number of hydrogen-bond acceptors (Lipinski definition) is 5. The first kappa shape index (κ1) is 17.8. The van der Waals surface area contributed by atoms with Crippen molar-refractivity contribution in [2.24, 2.45) is 0 Å². The number of nitrogens with one attached hydrogen (secondary N) is 2. The number of anilines is 2. The molecule has 0 unspecified atom stereocenters. The van der Waals surface area contributed by atoms with Crippen LogP contribution in [0.15, 0.2) is 40.1 Å². The van der Waals surface area contributed by atoms with E-state index in [1.807, 2.05) is 19.1 Å². The molecule has 0 saturated heterocycles. The molecule has 134 valence electrons. The molecular weight excluding hydrogens is 357 g/mol. The van der Waals surface area contributed by atoms with Crippen molar-refractivity contribution >= 4 is 34.5 Å². The van der Waals surface area contributed by atoms with Crippen molar-refractivity contribution in [3.05, 3.63) is 53.0 Å². The van der Waals surface area contributed by atoms with Gasteiger partial charge in [-0.15, -0.1) is 11.3 Å². The minimum Gasteiger partial charge on any atom is -0.459 e.